The lowest BCUT2D eigenvalue weighted by Gasteiger charge is -2.20. The first kappa shape index (κ1) is 58.7. The number of carbonyl (C=O) groups excluding carboxylic acids is 3. The van der Waals surface area contributed by atoms with E-state index in [1.54, 1.807) is 60.7 Å². The van der Waals surface area contributed by atoms with Crippen LogP contribution < -0.4 is 10.6 Å². The molecular formula is C67H62N6O10. The Morgan fingerprint density at radius 3 is 1.30 bits per heavy atom. The van der Waals surface area contributed by atoms with Crippen LogP contribution in [0.5, 0.6) is 0 Å². The highest BCUT2D eigenvalue weighted by Crippen LogP contribution is 2.29. The molecule has 0 bridgehead atoms. The van der Waals surface area contributed by atoms with Gasteiger partial charge in [-0.2, -0.15) is 0 Å². The van der Waals surface area contributed by atoms with Gasteiger partial charge >= 0.3 is 11.9 Å². The second kappa shape index (κ2) is 25.3. The molecule has 8 aromatic carbocycles. The van der Waals surface area contributed by atoms with Gasteiger partial charge in [0.15, 0.2) is 0 Å². The van der Waals surface area contributed by atoms with Gasteiger partial charge in [0.2, 0.25) is 0 Å². The van der Waals surface area contributed by atoms with Crippen molar-refractivity contribution in [3.63, 3.8) is 0 Å². The molecule has 0 radical (unpaired) electrons. The summed E-state index contributed by atoms with van der Waals surface area (Å²) in [4.78, 5) is 71.1. The van der Waals surface area contributed by atoms with Crippen LogP contribution >= 0.6 is 0 Å². The number of benzene rings is 8. The van der Waals surface area contributed by atoms with E-state index in [-0.39, 0.29) is 54.2 Å². The summed E-state index contributed by atoms with van der Waals surface area (Å²) in [5.41, 5.74) is 10.3. The first-order chi connectivity index (χ1) is 39.3. The maximum absolute atomic E-state index is 13.0. The molecule has 2 aromatic heterocycles. The first-order valence-electron chi connectivity index (χ1n) is 26.4. The molecule has 10 rings (SSSR count). The van der Waals surface area contributed by atoms with Gasteiger partial charge in [0.05, 0.1) is 33.1 Å². The average Bonchev–Trinajstić information content (AvgIpc) is 4.11. The van der Waals surface area contributed by atoms with Crippen molar-refractivity contribution in [3.8, 4) is 22.3 Å². The van der Waals surface area contributed by atoms with Crippen LogP contribution in [0.4, 0.5) is 11.4 Å². The number of esters is 1. The Balaban J connectivity index is 0.000000215. The van der Waals surface area contributed by atoms with Crippen molar-refractivity contribution in [2.75, 3.05) is 0 Å². The number of aromatic carboxylic acids is 1. The van der Waals surface area contributed by atoms with E-state index in [1.807, 2.05) is 144 Å². The van der Waals surface area contributed by atoms with Gasteiger partial charge in [0.25, 0.3) is 23.2 Å². The van der Waals surface area contributed by atoms with Gasteiger partial charge < -0.3 is 29.6 Å². The Labute approximate surface area is 479 Å². The molecule has 10 aromatic rings. The highest BCUT2D eigenvalue weighted by Gasteiger charge is 2.22. The van der Waals surface area contributed by atoms with E-state index in [0.29, 0.717) is 35.3 Å². The van der Waals surface area contributed by atoms with E-state index in [9.17, 15) is 44.5 Å². The van der Waals surface area contributed by atoms with Crippen molar-refractivity contribution >= 4 is 56.9 Å². The van der Waals surface area contributed by atoms with Crippen LogP contribution in [0.1, 0.15) is 118 Å². The number of rotatable bonds is 16. The van der Waals surface area contributed by atoms with Gasteiger partial charge in [-0.05, 0) is 140 Å². The Kier molecular flexibility index (Phi) is 17.9. The number of nitro groups is 2. The number of nitrogens with one attached hydrogen (secondary N) is 2. The summed E-state index contributed by atoms with van der Waals surface area (Å²) in [5, 5.41) is 39.0. The number of fused-ring (bicyclic) bond motifs is 2. The van der Waals surface area contributed by atoms with E-state index < -0.39 is 21.4 Å². The number of amides is 2. The molecule has 2 atom stereocenters. The van der Waals surface area contributed by atoms with Crippen LogP contribution in [0.15, 0.2) is 207 Å². The van der Waals surface area contributed by atoms with Gasteiger partial charge in [-0.15, -0.1) is 0 Å². The molecule has 2 amide bonds. The molecule has 420 valence electrons. The molecule has 16 nitrogen and oxygen atoms in total. The van der Waals surface area contributed by atoms with Gasteiger partial charge in [-0.25, -0.2) is 9.59 Å². The van der Waals surface area contributed by atoms with E-state index >= 15 is 0 Å². The number of ether oxygens (including phenoxy) is 1. The second-order valence-electron chi connectivity index (χ2n) is 20.8. The molecule has 0 spiro atoms. The molecule has 0 saturated heterocycles. The van der Waals surface area contributed by atoms with Crippen molar-refractivity contribution in [3.05, 3.63) is 271 Å². The Bertz CT molecular complexity index is 4010. The largest absolute Gasteiger partial charge is 0.478 e. The topological polar surface area (TPSA) is 218 Å². The number of hydrogen-bond donors (Lipinski definition) is 3. The third kappa shape index (κ3) is 14.1. The number of carboxylic acid groups (broad SMARTS) is 1. The van der Waals surface area contributed by atoms with Gasteiger partial charge in [0, 0.05) is 82.7 Å². The molecule has 3 N–H and O–H groups in total. The van der Waals surface area contributed by atoms with Crippen LogP contribution in [0, 0.1) is 20.2 Å². The summed E-state index contributed by atoms with van der Waals surface area (Å²) in [6, 6.07) is 57.1. The highest BCUT2D eigenvalue weighted by atomic mass is 16.6. The zero-order chi connectivity index (χ0) is 58.2. The number of nitro benzene ring substituents is 2. The van der Waals surface area contributed by atoms with Crippen LogP contribution in [0.25, 0.3) is 44.1 Å². The summed E-state index contributed by atoms with van der Waals surface area (Å²) >= 11 is 0. The zero-order valence-corrected chi connectivity index (χ0v) is 45.6. The summed E-state index contributed by atoms with van der Waals surface area (Å²) in [7, 11) is 0. The van der Waals surface area contributed by atoms with Crippen LogP contribution in [0.2, 0.25) is 0 Å². The minimum absolute atomic E-state index is 0. The van der Waals surface area contributed by atoms with Crippen molar-refractivity contribution in [2.24, 2.45) is 0 Å². The number of non-ortho nitro benzene ring substituents is 2. The van der Waals surface area contributed by atoms with E-state index in [2.05, 4.69) is 31.9 Å². The minimum Gasteiger partial charge on any atom is -0.478 e. The quantitative estimate of drug-likeness (QED) is 0.0472. The van der Waals surface area contributed by atoms with Crippen molar-refractivity contribution < 1.29 is 38.9 Å². The maximum atomic E-state index is 13.0. The zero-order valence-electron chi connectivity index (χ0n) is 45.6. The number of carbonyl (C=O) groups is 4. The average molecular weight is 1110 g/mol. The number of nitrogens with zero attached hydrogens (tertiary/aromatic N) is 4. The summed E-state index contributed by atoms with van der Waals surface area (Å²) in [5.74, 6) is -1.75. The minimum atomic E-state index is -0.956. The molecule has 83 heavy (non-hydrogen) atoms. The molecule has 0 aliphatic carbocycles. The lowest BCUT2D eigenvalue weighted by molar-refractivity contribution is -0.385. The van der Waals surface area contributed by atoms with E-state index in [0.717, 1.165) is 60.8 Å². The molecule has 2 heterocycles. The molecular weight excluding hydrogens is 1050 g/mol. The summed E-state index contributed by atoms with van der Waals surface area (Å²) in [6.07, 6.45) is 3.97. The third-order valence-corrected chi connectivity index (χ3v) is 13.9. The lowest BCUT2D eigenvalue weighted by atomic mass is 9.98. The predicted molar refractivity (Wildman–Crippen MR) is 323 cm³/mol. The standard InChI is InChI=1S/C35H33N3O5.C31H25N3O5.CH4/c1-23(25-13-16-29(17-14-25)38(41)42)36-33(39)28-15-18-32-27(21-28)19-20-37(32)22-24-9-11-26(12-10-24)30-7-5-6-8-31(30)34(40)43-35(2,3)4;1-20(22-10-13-26(14-11-22)34(38)39)32-30(35)25-12-15-29-24(18-25)16-17-33(29)19-21-6-8-23(9-7-21)27-4-2-3-5-28(27)31(36)37;/h5-21,23H,22H2,1-4H3,(H,36,39);2-18,20H,19H2,1H3,(H,32,35)(H,36,37);1H4/t23-;20-;/m00./s1. The van der Waals surface area contributed by atoms with Crippen molar-refractivity contribution in [2.45, 2.75) is 72.8 Å². The smallest absolute Gasteiger partial charge is 0.339 e. The van der Waals surface area contributed by atoms with E-state index in [4.69, 9.17) is 4.74 Å². The highest BCUT2D eigenvalue weighted by molar-refractivity contribution is 6.00. The van der Waals surface area contributed by atoms with Gasteiger partial charge in [-0.3, -0.25) is 29.8 Å². The predicted octanol–water partition coefficient (Wildman–Crippen LogP) is 14.8. The molecule has 0 fully saturated rings. The molecule has 0 unspecified atom stereocenters. The molecule has 0 aliphatic heterocycles. The summed E-state index contributed by atoms with van der Waals surface area (Å²) < 4.78 is 9.83. The normalized spacial score (nSPS) is 11.8. The molecule has 16 heteroatoms. The Morgan fingerprint density at radius 2 is 0.916 bits per heavy atom. The van der Waals surface area contributed by atoms with Crippen LogP contribution in [-0.4, -0.2) is 53.4 Å². The lowest BCUT2D eigenvalue weighted by Crippen LogP contribution is -2.26. The summed E-state index contributed by atoms with van der Waals surface area (Å²) in [6.45, 7) is 10.5. The third-order valence-electron chi connectivity index (χ3n) is 13.9. The van der Waals surface area contributed by atoms with Gasteiger partial charge in [-0.1, -0.05) is 117 Å². The Hall–Kier alpha value is -10.5. The van der Waals surface area contributed by atoms with E-state index in [1.165, 1.54) is 24.3 Å². The van der Waals surface area contributed by atoms with Crippen molar-refractivity contribution in [1.82, 2.24) is 19.8 Å². The fourth-order valence-corrected chi connectivity index (χ4v) is 9.59. The number of aromatic nitrogens is 2. The Morgan fingerprint density at radius 1 is 0.530 bits per heavy atom. The maximum Gasteiger partial charge on any atom is 0.339 e. The van der Waals surface area contributed by atoms with Gasteiger partial charge in [0.1, 0.15) is 5.60 Å². The SMILES string of the molecule is C.C[C@H](NC(=O)c1ccc2c(ccn2Cc2ccc(-c3ccccc3C(=O)O)cc2)c1)c1ccc([N+](=O)[O-])cc1.C[C@H](NC(=O)c1ccc2c(ccn2Cc2ccc(-c3ccccc3C(=O)OC(C)(C)C)cc2)c1)c1ccc([N+](=O)[O-])cc1. The number of hydrogen-bond acceptors (Lipinski definition) is 9. The fourth-order valence-electron chi connectivity index (χ4n) is 9.59. The van der Waals surface area contributed by atoms with Crippen LogP contribution in [0.3, 0.4) is 0 Å². The van der Waals surface area contributed by atoms with Crippen LogP contribution in [-0.2, 0) is 17.8 Å². The molecule has 0 saturated carbocycles. The molecule has 0 aliphatic rings. The van der Waals surface area contributed by atoms with Crippen molar-refractivity contribution in [1.29, 1.82) is 0 Å². The second-order valence-corrected chi connectivity index (χ2v) is 20.8. The number of carboxylic acids is 1. The monoisotopic (exact) mass is 1110 g/mol. The first-order valence-corrected chi connectivity index (χ1v) is 26.4. The fraction of sp³-hybridized carbons (Fsp3) is 0.164.